The van der Waals surface area contributed by atoms with Crippen LogP contribution in [0.4, 0.5) is 0 Å². The van der Waals surface area contributed by atoms with Crippen LogP contribution in [-0.2, 0) is 16.4 Å². The lowest BCUT2D eigenvalue weighted by Crippen LogP contribution is -2.21. The van der Waals surface area contributed by atoms with E-state index in [-0.39, 0.29) is 5.75 Å². The molecule has 0 aromatic carbocycles. The molecule has 6 heteroatoms. The van der Waals surface area contributed by atoms with Gasteiger partial charge in [0.2, 0.25) is 0 Å². The normalized spacial score (nSPS) is 11.9. The molecule has 4 nitrogen and oxygen atoms in total. The van der Waals surface area contributed by atoms with Crippen molar-refractivity contribution in [3.63, 3.8) is 0 Å². The summed E-state index contributed by atoms with van der Waals surface area (Å²) in [6.45, 7) is 0.902. The molecule has 0 saturated carbocycles. The highest BCUT2D eigenvalue weighted by Crippen LogP contribution is 2.12. The molecule has 0 aliphatic heterocycles. The van der Waals surface area contributed by atoms with E-state index in [0.29, 0.717) is 24.1 Å². The molecule has 1 aromatic heterocycles. The Bertz CT molecular complexity index is 385. The molecule has 80 valence electrons. The van der Waals surface area contributed by atoms with E-state index >= 15 is 0 Å². The van der Waals surface area contributed by atoms with E-state index in [1.165, 1.54) is 6.26 Å². The van der Waals surface area contributed by atoms with E-state index in [0.717, 1.165) is 0 Å². The predicted octanol–water partition coefficient (Wildman–Crippen LogP) is 1.07. The van der Waals surface area contributed by atoms with Crippen molar-refractivity contribution in [2.24, 2.45) is 0 Å². The van der Waals surface area contributed by atoms with Crippen molar-refractivity contribution in [1.29, 1.82) is 0 Å². The Morgan fingerprint density at radius 1 is 1.50 bits per heavy atom. The highest BCUT2D eigenvalue weighted by molar-refractivity contribution is 7.90. The largest absolute Gasteiger partial charge is 0.448 e. The number of hydrogen-bond donors (Lipinski definition) is 1. The Morgan fingerprint density at radius 3 is 2.71 bits per heavy atom. The topological polar surface area (TPSA) is 59.3 Å². The van der Waals surface area contributed by atoms with Gasteiger partial charge in [-0.1, -0.05) is 0 Å². The summed E-state index contributed by atoms with van der Waals surface area (Å²) in [5.74, 6) is 0.824. The molecule has 0 amide bonds. The van der Waals surface area contributed by atoms with E-state index < -0.39 is 9.84 Å². The molecule has 0 atom stereocenters. The van der Waals surface area contributed by atoms with Crippen molar-refractivity contribution in [3.8, 4) is 0 Å². The van der Waals surface area contributed by atoms with Crippen LogP contribution >= 0.6 is 11.6 Å². The second-order valence-electron chi connectivity index (χ2n) is 3.01. The minimum atomic E-state index is -2.89. The zero-order valence-corrected chi connectivity index (χ0v) is 9.36. The fourth-order valence-corrected chi connectivity index (χ4v) is 1.59. The minimum Gasteiger partial charge on any atom is -0.448 e. The van der Waals surface area contributed by atoms with Gasteiger partial charge in [0, 0.05) is 12.8 Å². The van der Waals surface area contributed by atoms with Gasteiger partial charge in [-0.05, 0) is 23.7 Å². The van der Waals surface area contributed by atoms with Gasteiger partial charge in [-0.25, -0.2) is 8.42 Å². The Morgan fingerprint density at radius 2 is 2.21 bits per heavy atom. The highest BCUT2D eigenvalue weighted by atomic mass is 35.5. The third kappa shape index (κ3) is 4.64. The zero-order chi connectivity index (χ0) is 10.6. The summed E-state index contributed by atoms with van der Waals surface area (Å²) in [5, 5.41) is 3.28. The van der Waals surface area contributed by atoms with E-state index in [2.05, 4.69) is 5.32 Å². The lowest BCUT2D eigenvalue weighted by atomic mass is 10.4. The Hall–Kier alpha value is -0.520. The van der Waals surface area contributed by atoms with Gasteiger partial charge in [0.15, 0.2) is 5.22 Å². The molecule has 0 bridgehead atoms. The second kappa shape index (κ2) is 4.82. The fraction of sp³-hybridized carbons (Fsp3) is 0.500. The first kappa shape index (κ1) is 11.6. The summed E-state index contributed by atoms with van der Waals surface area (Å²) in [4.78, 5) is 0. The maximum Gasteiger partial charge on any atom is 0.193 e. The first-order chi connectivity index (χ1) is 6.47. The van der Waals surface area contributed by atoms with Gasteiger partial charge in [0.1, 0.15) is 15.6 Å². The van der Waals surface area contributed by atoms with Crippen LogP contribution in [0.5, 0.6) is 0 Å². The van der Waals surface area contributed by atoms with Crippen LogP contribution in [0.3, 0.4) is 0 Å². The van der Waals surface area contributed by atoms with Gasteiger partial charge in [-0.2, -0.15) is 0 Å². The van der Waals surface area contributed by atoms with Crippen LogP contribution in [0.2, 0.25) is 5.22 Å². The third-order valence-electron chi connectivity index (χ3n) is 1.58. The van der Waals surface area contributed by atoms with Crippen molar-refractivity contribution in [2.45, 2.75) is 6.54 Å². The summed E-state index contributed by atoms with van der Waals surface area (Å²) >= 11 is 5.56. The third-order valence-corrected chi connectivity index (χ3v) is 2.73. The van der Waals surface area contributed by atoms with Crippen LogP contribution < -0.4 is 5.32 Å². The number of hydrogen-bond acceptors (Lipinski definition) is 4. The van der Waals surface area contributed by atoms with E-state index in [1.807, 2.05) is 0 Å². The Kier molecular flexibility index (Phi) is 3.97. The van der Waals surface area contributed by atoms with Crippen LogP contribution in [0.15, 0.2) is 16.5 Å². The molecule has 1 N–H and O–H groups in total. The Labute approximate surface area is 88.2 Å². The maximum absolute atomic E-state index is 10.8. The molecule has 0 spiro atoms. The van der Waals surface area contributed by atoms with Gasteiger partial charge in [0.25, 0.3) is 0 Å². The number of rotatable bonds is 5. The number of furan rings is 1. The fourth-order valence-electron chi connectivity index (χ4n) is 0.916. The molecule has 0 radical (unpaired) electrons. The lowest BCUT2D eigenvalue weighted by molar-refractivity contribution is 0.488. The van der Waals surface area contributed by atoms with Crippen LogP contribution in [0.1, 0.15) is 5.76 Å². The zero-order valence-electron chi connectivity index (χ0n) is 7.79. The van der Waals surface area contributed by atoms with Crippen molar-refractivity contribution in [1.82, 2.24) is 5.32 Å². The lowest BCUT2D eigenvalue weighted by Gasteiger charge is -2.00. The molecule has 1 heterocycles. The predicted molar refractivity (Wildman–Crippen MR) is 55.1 cm³/mol. The molecule has 1 aromatic rings. The van der Waals surface area contributed by atoms with Crippen LogP contribution in [-0.4, -0.2) is 27.0 Å². The molecule has 0 aliphatic rings. The molecular weight excluding hydrogens is 226 g/mol. The molecule has 0 saturated heterocycles. The first-order valence-electron chi connectivity index (χ1n) is 4.10. The molecule has 0 aliphatic carbocycles. The standard InChI is InChI=1S/C8H12ClNO3S/c1-14(11,12)5-4-10-6-7-2-3-8(9)13-7/h2-3,10H,4-6H2,1H3. The monoisotopic (exact) mass is 237 g/mol. The highest BCUT2D eigenvalue weighted by Gasteiger charge is 2.02. The SMILES string of the molecule is CS(=O)(=O)CCNCc1ccc(Cl)o1. The van der Waals surface area contributed by atoms with Gasteiger partial charge >= 0.3 is 0 Å². The molecule has 1 rings (SSSR count). The summed E-state index contributed by atoms with van der Waals surface area (Å²) in [5.41, 5.74) is 0. The van der Waals surface area contributed by atoms with Crippen molar-refractivity contribution in [3.05, 3.63) is 23.1 Å². The van der Waals surface area contributed by atoms with Crippen molar-refractivity contribution < 1.29 is 12.8 Å². The average molecular weight is 238 g/mol. The van der Waals surface area contributed by atoms with Gasteiger partial charge < -0.3 is 9.73 Å². The number of sulfone groups is 1. The van der Waals surface area contributed by atoms with Crippen molar-refractivity contribution >= 4 is 21.4 Å². The number of nitrogens with one attached hydrogen (secondary N) is 1. The molecule has 0 unspecified atom stereocenters. The Balaban J connectivity index is 2.23. The number of halogens is 1. The molecule has 14 heavy (non-hydrogen) atoms. The maximum atomic E-state index is 10.8. The summed E-state index contributed by atoms with van der Waals surface area (Å²) < 4.78 is 26.6. The van der Waals surface area contributed by atoms with Crippen LogP contribution in [0, 0.1) is 0 Å². The van der Waals surface area contributed by atoms with E-state index in [9.17, 15) is 8.42 Å². The van der Waals surface area contributed by atoms with E-state index in [1.54, 1.807) is 12.1 Å². The van der Waals surface area contributed by atoms with Crippen molar-refractivity contribution in [2.75, 3.05) is 18.6 Å². The van der Waals surface area contributed by atoms with E-state index in [4.69, 9.17) is 16.0 Å². The van der Waals surface area contributed by atoms with Crippen LogP contribution in [0.25, 0.3) is 0 Å². The minimum absolute atomic E-state index is 0.126. The summed E-state index contributed by atoms with van der Waals surface area (Å²) in [6, 6.07) is 3.39. The molecular formula is C8H12ClNO3S. The quantitative estimate of drug-likeness (QED) is 0.779. The van der Waals surface area contributed by atoms with Gasteiger partial charge in [-0.3, -0.25) is 0 Å². The summed E-state index contributed by atoms with van der Waals surface area (Å²) in [6.07, 6.45) is 1.21. The van der Waals surface area contributed by atoms with Gasteiger partial charge in [0.05, 0.1) is 12.3 Å². The molecule has 0 fully saturated rings. The van der Waals surface area contributed by atoms with Gasteiger partial charge in [-0.15, -0.1) is 0 Å². The smallest absolute Gasteiger partial charge is 0.193 e. The first-order valence-corrected chi connectivity index (χ1v) is 6.54. The summed E-state index contributed by atoms with van der Waals surface area (Å²) in [7, 11) is -2.89. The average Bonchev–Trinajstić information content (AvgIpc) is 2.44. The second-order valence-corrected chi connectivity index (χ2v) is 5.64.